The molecule has 0 saturated heterocycles. The van der Waals surface area contributed by atoms with Gasteiger partial charge in [0.15, 0.2) is 0 Å². The molecule has 2 unspecified atom stereocenters. The summed E-state index contributed by atoms with van der Waals surface area (Å²) in [5.41, 5.74) is 4.91. The Morgan fingerprint density at radius 3 is 2.60 bits per heavy atom. The summed E-state index contributed by atoms with van der Waals surface area (Å²) in [5, 5.41) is 8.12. The largest absolute Gasteiger partial charge is 0.480 e. The van der Waals surface area contributed by atoms with Gasteiger partial charge in [0, 0.05) is 0 Å². The highest BCUT2D eigenvalue weighted by atomic mass is 31.1. The van der Waals surface area contributed by atoms with E-state index < -0.39 is 26.9 Å². The number of hydrogen-bond acceptors (Lipinski definition) is 4. The van der Waals surface area contributed by atoms with E-state index >= 15 is 0 Å². The normalized spacial score (nSPS) is 16.2. The predicted molar refractivity (Wildman–Crippen MR) is 32.8 cm³/mol. The van der Waals surface area contributed by atoms with E-state index in [-0.39, 0.29) is 0 Å². The monoisotopic (exact) mass is 169 g/mol. The predicted octanol–water partition coefficient (Wildman–Crippen LogP) is -1.20. The van der Waals surface area contributed by atoms with E-state index in [2.05, 4.69) is 4.52 Å². The molecule has 0 bridgehead atoms. The minimum atomic E-state index is -3.06. The van der Waals surface area contributed by atoms with Crippen molar-refractivity contribution in [2.75, 3.05) is 6.61 Å². The highest BCUT2D eigenvalue weighted by Crippen LogP contribution is 2.13. The molecule has 0 heterocycles. The van der Waals surface area contributed by atoms with Crippen LogP contribution >= 0.6 is 8.25 Å². The molecule has 0 saturated carbocycles. The van der Waals surface area contributed by atoms with Crippen LogP contribution < -0.4 is 5.73 Å². The molecule has 60 valence electrons. The third kappa shape index (κ3) is 4.46. The zero-order valence-electron chi connectivity index (χ0n) is 4.98. The summed E-state index contributed by atoms with van der Waals surface area (Å²) >= 11 is 0. The number of carboxylic acids is 1. The first-order valence-corrected chi connectivity index (χ1v) is 3.64. The molecule has 0 fully saturated rings. The van der Waals surface area contributed by atoms with E-state index in [4.69, 9.17) is 15.7 Å². The number of hydrogen-bond donors (Lipinski definition) is 3. The summed E-state index contributed by atoms with van der Waals surface area (Å²) < 4.78 is 13.9. The van der Waals surface area contributed by atoms with Crippen LogP contribution in [0.25, 0.3) is 0 Å². The van der Waals surface area contributed by atoms with Crippen LogP contribution in [0.5, 0.6) is 0 Å². The molecular weight excluding hydrogens is 161 g/mol. The Morgan fingerprint density at radius 1 is 1.80 bits per heavy atom. The van der Waals surface area contributed by atoms with E-state index in [1.54, 1.807) is 0 Å². The van der Waals surface area contributed by atoms with Crippen molar-refractivity contribution in [2.45, 2.75) is 6.04 Å². The summed E-state index contributed by atoms with van der Waals surface area (Å²) in [6, 6.07) is -1.24. The highest BCUT2D eigenvalue weighted by molar-refractivity contribution is 7.32. The standard InChI is InChI=1S/C3H8NO5P/c4-2(3(5)6)1-9-10(7)8/h2,10H,1,4H2,(H,5,6)(H,7,8). The molecule has 0 aromatic heterocycles. The van der Waals surface area contributed by atoms with Crippen molar-refractivity contribution >= 4 is 14.2 Å². The van der Waals surface area contributed by atoms with Crippen molar-refractivity contribution in [3.63, 3.8) is 0 Å². The van der Waals surface area contributed by atoms with E-state index in [1.807, 2.05) is 0 Å². The zero-order chi connectivity index (χ0) is 8.15. The first-order valence-electron chi connectivity index (χ1n) is 2.38. The van der Waals surface area contributed by atoms with E-state index in [0.29, 0.717) is 0 Å². The van der Waals surface area contributed by atoms with Crippen LogP contribution in [0.3, 0.4) is 0 Å². The maximum absolute atomic E-state index is 9.93. The van der Waals surface area contributed by atoms with Crippen LogP contribution in [-0.2, 0) is 13.9 Å². The van der Waals surface area contributed by atoms with Gasteiger partial charge in [-0.2, -0.15) is 0 Å². The number of rotatable bonds is 4. The molecule has 7 heteroatoms. The molecular formula is C3H8NO5P. The lowest BCUT2D eigenvalue weighted by Gasteiger charge is -2.03. The Labute approximate surface area is 57.6 Å². The summed E-state index contributed by atoms with van der Waals surface area (Å²) in [6.45, 7) is -0.441. The van der Waals surface area contributed by atoms with Gasteiger partial charge >= 0.3 is 14.2 Å². The van der Waals surface area contributed by atoms with Gasteiger partial charge in [0.05, 0.1) is 6.61 Å². The molecule has 10 heavy (non-hydrogen) atoms. The molecule has 4 N–H and O–H groups in total. The van der Waals surface area contributed by atoms with Crippen LogP contribution in [0.4, 0.5) is 0 Å². The van der Waals surface area contributed by atoms with Gasteiger partial charge in [-0.05, 0) is 0 Å². The summed E-state index contributed by atoms with van der Waals surface area (Å²) in [6.07, 6.45) is 0. The van der Waals surface area contributed by atoms with Crippen LogP contribution in [0.15, 0.2) is 0 Å². The molecule has 0 aliphatic rings. The molecule has 6 nitrogen and oxygen atoms in total. The van der Waals surface area contributed by atoms with Crippen molar-refractivity contribution in [3.8, 4) is 0 Å². The van der Waals surface area contributed by atoms with Crippen molar-refractivity contribution in [3.05, 3.63) is 0 Å². The smallest absolute Gasteiger partial charge is 0.322 e. The van der Waals surface area contributed by atoms with Gasteiger partial charge in [0.1, 0.15) is 6.04 Å². The molecule has 0 aliphatic heterocycles. The lowest BCUT2D eigenvalue weighted by molar-refractivity contribution is -0.139. The molecule has 0 spiro atoms. The van der Waals surface area contributed by atoms with E-state index in [9.17, 15) is 9.36 Å². The van der Waals surface area contributed by atoms with Gasteiger partial charge < -0.3 is 20.3 Å². The Morgan fingerprint density at radius 2 is 2.30 bits per heavy atom. The lowest BCUT2D eigenvalue weighted by Crippen LogP contribution is -2.34. The molecule has 0 radical (unpaired) electrons. The van der Waals surface area contributed by atoms with Gasteiger partial charge in [-0.3, -0.25) is 9.36 Å². The fourth-order valence-corrected chi connectivity index (χ4v) is 0.554. The van der Waals surface area contributed by atoms with Gasteiger partial charge in [0.2, 0.25) is 0 Å². The van der Waals surface area contributed by atoms with Crippen LogP contribution in [0.1, 0.15) is 0 Å². The number of aliphatic carboxylic acids is 1. The van der Waals surface area contributed by atoms with Crippen molar-refractivity contribution in [2.24, 2.45) is 5.73 Å². The van der Waals surface area contributed by atoms with Gasteiger partial charge in [-0.1, -0.05) is 0 Å². The summed E-state index contributed by atoms with van der Waals surface area (Å²) in [7, 11) is -3.06. The fraction of sp³-hybridized carbons (Fsp3) is 0.667. The Balaban J connectivity index is 3.49. The maximum atomic E-state index is 9.93. The third-order valence-corrected chi connectivity index (χ3v) is 1.12. The number of carbonyl (C=O) groups is 1. The summed E-state index contributed by atoms with van der Waals surface area (Å²) in [4.78, 5) is 18.0. The summed E-state index contributed by atoms with van der Waals surface area (Å²) in [5.74, 6) is -1.26. The van der Waals surface area contributed by atoms with Crippen LogP contribution in [0.2, 0.25) is 0 Å². The number of carboxylic acid groups (broad SMARTS) is 1. The Kier molecular flexibility index (Phi) is 4.22. The molecule has 2 atom stereocenters. The number of nitrogens with two attached hydrogens (primary N) is 1. The quantitative estimate of drug-likeness (QED) is 0.456. The van der Waals surface area contributed by atoms with Crippen LogP contribution in [0, 0.1) is 0 Å². The second-order valence-electron chi connectivity index (χ2n) is 1.52. The van der Waals surface area contributed by atoms with Gasteiger partial charge in [-0.25, -0.2) is 0 Å². The van der Waals surface area contributed by atoms with Gasteiger partial charge in [0.25, 0.3) is 0 Å². The van der Waals surface area contributed by atoms with Gasteiger partial charge in [-0.15, -0.1) is 0 Å². The zero-order valence-corrected chi connectivity index (χ0v) is 5.98. The minimum Gasteiger partial charge on any atom is -0.480 e. The second kappa shape index (κ2) is 4.40. The Hall–Kier alpha value is -0.420. The van der Waals surface area contributed by atoms with Crippen molar-refractivity contribution in [1.29, 1.82) is 0 Å². The first kappa shape index (κ1) is 9.58. The highest BCUT2D eigenvalue weighted by Gasteiger charge is 2.11. The van der Waals surface area contributed by atoms with E-state index in [1.165, 1.54) is 0 Å². The first-order chi connectivity index (χ1) is 4.54. The second-order valence-corrected chi connectivity index (χ2v) is 2.34. The molecule has 0 aromatic rings. The molecule has 0 aliphatic carbocycles. The maximum Gasteiger partial charge on any atom is 0.322 e. The Bertz CT molecular complexity index is 148. The van der Waals surface area contributed by atoms with Crippen molar-refractivity contribution < 1.29 is 23.9 Å². The lowest BCUT2D eigenvalue weighted by atomic mass is 10.3. The fourth-order valence-electron chi connectivity index (χ4n) is 0.232. The molecule has 0 amide bonds. The molecule has 0 rings (SSSR count). The topological polar surface area (TPSA) is 110 Å². The van der Waals surface area contributed by atoms with Crippen LogP contribution in [-0.4, -0.2) is 28.6 Å². The minimum absolute atomic E-state index is 0.441. The third-order valence-electron chi connectivity index (χ3n) is 0.704. The van der Waals surface area contributed by atoms with E-state index in [0.717, 1.165) is 0 Å². The van der Waals surface area contributed by atoms with Crippen molar-refractivity contribution in [1.82, 2.24) is 0 Å². The average Bonchev–Trinajstić information content (AvgIpc) is 1.82. The molecule has 0 aromatic carbocycles. The SMILES string of the molecule is NC(CO[PH](=O)O)C(=O)O. The average molecular weight is 169 g/mol.